The Bertz CT molecular complexity index is 758. The minimum atomic E-state index is -4.60. The van der Waals surface area contributed by atoms with Crippen LogP contribution in [0, 0.1) is 0 Å². The van der Waals surface area contributed by atoms with Crippen LogP contribution < -0.4 is 5.32 Å². The number of anilines is 1. The zero-order valence-corrected chi connectivity index (χ0v) is 15.5. The highest BCUT2D eigenvalue weighted by molar-refractivity contribution is 5.92. The molecule has 9 heteroatoms. The molecule has 1 saturated carbocycles. The second-order valence-electron chi connectivity index (χ2n) is 7.44. The van der Waals surface area contributed by atoms with Crippen molar-refractivity contribution in [2.75, 3.05) is 11.9 Å². The van der Waals surface area contributed by atoms with Gasteiger partial charge in [-0.3, -0.25) is 9.69 Å². The van der Waals surface area contributed by atoms with Gasteiger partial charge in [0.05, 0.1) is 11.3 Å². The maximum atomic E-state index is 13.0. The quantitative estimate of drug-likeness (QED) is 0.804. The fourth-order valence-electron chi connectivity index (χ4n) is 4.02. The van der Waals surface area contributed by atoms with Gasteiger partial charge in [-0.15, -0.1) is 0 Å². The topological polar surface area (TPSA) is 78.9 Å². The number of carbonyl (C=O) groups excluding carboxylic acids is 2. The summed E-state index contributed by atoms with van der Waals surface area (Å²) in [6, 6.07) is 4.67. The van der Waals surface area contributed by atoms with Crippen molar-refractivity contribution in [2.24, 2.45) is 0 Å². The molecule has 0 aromatic heterocycles. The SMILES string of the molecule is C[C@@]1(O)N(CCC(=O)Nc2ccccc2C(F)(F)F)C(=O)OC12CCCCC2. The van der Waals surface area contributed by atoms with Gasteiger partial charge in [0.2, 0.25) is 5.91 Å². The number of amides is 2. The standard InChI is InChI=1S/C19H23F3N2O4/c1-17(27)18(10-5-2-6-11-18)28-16(26)24(17)12-9-15(25)23-14-8-4-3-7-13(14)19(20,21)22/h3-4,7-8,27H,2,5-6,9-12H2,1H3,(H,23,25)/t17-/m0/s1. The van der Waals surface area contributed by atoms with Gasteiger partial charge in [-0.2, -0.15) is 13.2 Å². The van der Waals surface area contributed by atoms with Gasteiger partial charge in [0, 0.05) is 13.0 Å². The molecular formula is C19H23F3N2O4. The first-order valence-corrected chi connectivity index (χ1v) is 9.26. The van der Waals surface area contributed by atoms with E-state index in [2.05, 4.69) is 5.32 Å². The van der Waals surface area contributed by atoms with Crippen LogP contribution in [0.1, 0.15) is 51.0 Å². The van der Waals surface area contributed by atoms with Crippen molar-refractivity contribution in [3.05, 3.63) is 29.8 Å². The van der Waals surface area contributed by atoms with Crippen LogP contribution in [0.5, 0.6) is 0 Å². The van der Waals surface area contributed by atoms with E-state index in [1.807, 2.05) is 0 Å². The molecule has 1 heterocycles. The van der Waals surface area contributed by atoms with Gasteiger partial charge in [0.1, 0.15) is 0 Å². The van der Waals surface area contributed by atoms with Gasteiger partial charge >= 0.3 is 12.3 Å². The lowest BCUT2D eigenvalue weighted by Crippen LogP contribution is -2.57. The first-order chi connectivity index (χ1) is 13.1. The minimum absolute atomic E-state index is 0.159. The molecule has 1 aliphatic carbocycles. The van der Waals surface area contributed by atoms with Crippen LogP contribution in [-0.4, -0.2) is 39.9 Å². The van der Waals surface area contributed by atoms with E-state index >= 15 is 0 Å². The molecule has 2 amide bonds. The summed E-state index contributed by atoms with van der Waals surface area (Å²) in [6.45, 7) is 1.33. The predicted molar refractivity (Wildman–Crippen MR) is 94.3 cm³/mol. The largest absolute Gasteiger partial charge is 0.438 e. The highest BCUT2D eigenvalue weighted by Crippen LogP contribution is 2.46. The van der Waals surface area contributed by atoms with E-state index in [1.165, 1.54) is 19.1 Å². The van der Waals surface area contributed by atoms with E-state index in [1.54, 1.807) is 0 Å². The summed E-state index contributed by atoms with van der Waals surface area (Å²) < 4.78 is 44.6. The van der Waals surface area contributed by atoms with Crippen LogP contribution >= 0.6 is 0 Å². The smallest absolute Gasteiger partial charge is 0.418 e. The Morgan fingerprint density at radius 1 is 1.25 bits per heavy atom. The molecule has 0 radical (unpaired) electrons. The van der Waals surface area contributed by atoms with E-state index in [-0.39, 0.29) is 18.7 Å². The van der Waals surface area contributed by atoms with Crippen LogP contribution in [0.2, 0.25) is 0 Å². The number of para-hydroxylation sites is 1. The number of hydrogen-bond acceptors (Lipinski definition) is 4. The molecule has 1 saturated heterocycles. The highest BCUT2D eigenvalue weighted by Gasteiger charge is 2.61. The summed E-state index contributed by atoms with van der Waals surface area (Å²) in [4.78, 5) is 25.6. The van der Waals surface area contributed by atoms with Crippen molar-refractivity contribution in [3.63, 3.8) is 0 Å². The van der Waals surface area contributed by atoms with E-state index in [0.717, 1.165) is 36.3 Å². The fourth-order valence-corrected chi connectivity index (χ4v) is 4.02. The summed E-state index contributed by atoms with van der Waals surface area (Å²) in [5.74, 6) is -0.690. The lowest BCUT2D eigenvalue weighted by molar-refractivity contribution is -0.159. The van der Waals surface area contributed by atoms with Crippen molar-refractivity contribution < 1.29 is 32.6 Å². The molecular weight excluding hydrogens is 377 g/mol. The molecule has 2 fully saturated rings. The zero-order valence-electron chi connectivity index (χ0n) is 15.5. The molecule has 2 N–H and O–H groups in total. The number of alkyl halides is 3. The van der Waals surface area contributed by atoms with Crippen LogP contribution in [-0.2, 0) is 15.7 Å². The fraction of sp³-hybridized carbons (Fsp3) is 0.579. The van der Waals surface area contributed by atoms with Crippen molar-refractivity contribution in [1.82, 2.24) is 4.90 Å². The van der Waals surface area contributed by atoms with Crippen molar-refractivity contribution in [3.8, 4) is 0 Å². The number of nitrogens with zero attached hydrogens (tertiary/aromatic N) is 1. The number of halogens is 3. The maximum Gasteiger partial charge on any atom is 0.418 e. The summed E-state index contributed by atoms with van der Waals surface area (Å²) in [5, 5.41) is 13.2. The van der Waals surface area contributed by atoms with Crippen LogP contribution in [0.4, 0.5) is 23.7 Å². The Hall–Kier alpha value is -2.29. The molecule has 1 spiro atoms. The predicted octanol–water partition coefficient (Wildman–Crippen LogP) is 3.90. The average molecular weight is 400 g/mol. The molecule has 1 atom stereocenters. The van der Waals surface area contributed by atoms with Gasteiger partial charge in [0.25, 0.3) is 0 Å². The molecule has 3 rings (SSSR count). The molecule has 0 unspecified atom stereocenters. The highest BCUT2D eigenvalue weighted by atomic mass is 19.4. The van der Waals surface area contributed by atoms with Gasteiger partial charge in [-0.25, -0.2) is 4.79 Å². The van der Waals surface area contributed by atoms with Crippen LogP contribution in [0.15, 0.2) is 24.3 Å². The number of aliphatic hydroxyl groups is 1. The second kappa shape index (κ2) is 7.27. The molecule has 28 heavy (non-hydrogen) atoms. The number of hydrogen-bond donors (Lipinski definition) is 2. The zero-order chi connectivity index (χ0) is 20.6. The number of nitrogens with one attached hydrogen (secondary N) is 1. The Morgan fingerprint density at radius 2 is 1.89 bits per heavy atom. The van der Waals surface area contributed by atoms with Gasteiger partial charge in [-0.05, 0) is 44.7 Å². The Kier molecular flexibility index (Phi) is 5.31. The molecule has 0 bridgehead atoms. The van der Waals surface area contributed by atoms with Gasteiger partial charge < -0.3 is 15.2 Å². The van der Waals surface area contributed by atoms with Crippen molar-refractivity contribution in [2.45, 2.75) is 63.0 Å². The average Bonchev–Trinajstić information content (AvgIpc) is 2.78. The third-order valence-electron chi connectivity index (χ3n) is 5.62. The Morgan fingerprint density at radius 3 is 2.54 bits per heavy atom. The minimum Gasteiger partial charge on any atom is -0.438 e. The first kappa shape index (κ1) is 20.4. The number of rotatable bonds is 4. The Balaban J connectivity index is 1.66. The molecule has 1 aromatic rings. The summed E-state index contributed by atoms with van der Waals surface area (Å²) in [7, 11) is 0. The summed E-state index contributed by atoms with van der Waals surface area (Å²) in [6.07, 6.45) is -1.86. The molecule has 1 aromatic carbocycles. The van der Waals surface area contributed by atoms with Gasteiger partial charge in [0.15, 0.2) is 11.3 Å². The normalized spacial score (nSPS) is 24.3. The number of benzene rings is 1. The molecule has 2 aliphatic rings. The lowest BCUT2D eigenvalue weighted by atomic mass is 9.77. The van der Waals surface area contributed by atoms with E-state index < -0.39 is 35.1 Å². The van der Waals surface area contributed by atoms with Crippen molar-refractivity contribution in [1.29, 1.82) is 0 Å². The van der Waals surface area contributed by atoms with E-state index in [0.29, 0.717) is 12.8 Å². The molecule has 1 aliphatic heterocycles. The van der Waals surface area contributed by atoms with Crippen LogP contribution in [0.25, 0.3) is 0 Å². The monoisotopic (exact) mass is 400 g/mol. The van der Waals surface area contributed by atoms with Gasteiger partial charge in [-0.1, -0.05) is 18.6 Å². The summed E-state index contributed by atoms with van der Waals surface area (Å²) in [5.41, 5.74) is -3.87. The second-order valence-corrected chi connectivity index (χ2v) is 7.44. The maximum absolute atomic E-state index is 13.0. The van der Waals surface area contributed by atoms with Crippen molar-refractivity contribution >= 4 is 17.7 Å². The van der Waals surface area contributed by atoms with E-state index in [4.69, 9.17) is 4.74 Å². The number of carbonyl (C=O) groups is 2. The Labute approximate surface area is 160 Å². The first-order valence-electron chi connectivity index (χ1n) is 9.26. The summed E-state index contributed by atoms with van der Waals surface area (Å²) >= 11 is 0. The van der Waals surface area contributed by atoms with E-state index in [9.17, 15) is 27.9 Å². The van der Waals surface area contributed by atoms with Crippen LogP contribution in [0.3, 0.4) is 0 Å². The number of ether oxygens (including phenoxy) is 1. The third kappa shape index (κ3) is 3.67. The molecule has 154 valence electrons. The lowest BCUT2D eigenvalue weighted by Gasteiger charge is -2.42. The molecule has 6 nitrogen and oxygen atoms in total. The third-order valence-corrected chi connectivity index (χ3v) is 5.62.